The van der Waals surface area contributed by atoms with Crippen LogP contribution in [0.2, 0.25) is 0 Å². The molecule has 0 heterocycles. The summed E-state index contributed by atoms with van der Waals surface area (Å²) in [5.74, 6) is 0. The summed E-state index contributed by atoms with van der Waals surface area (Å²) in [6, 6.07) is 9.52. The van der Waals surface area contributed by atoms with Gasteiger partial charge < -0.3 is 4.74 Å². The van der Waals surface area contributed by atoms with Gasteiger partial charge in [-0.2, -0.15) is 4.99 Å². The Kier molecular flexibility index (Phi) is 5.56. The first-order valence-electron chi connectivity index (χ1n) is 6.48. The molecule has 0 unspecified atom stereocenters. The number of nitrogens with zero attached hydrogens (tertiary/aromatic N) is 1. The normalized spacial score (nSPS) is 11.7. The van der Waals surface area contributed by atoms with Crippen LogP contribution in [-0.2, 0) is 4.74 Å². The third-order valence-electron chi connectivity index (χ3n) is 3.36. The van der Waals surface area contributed by atoms with Crippen LogP contribution in [0.5, 0.6) is 0 Å². The molecule has 98 valence electrons. The van der Waals surface area contributed by atoms with Crippen LogP contribution in [0.1, 0.15) is 45.6 Å². The highest BCUT2D eigenvalue weighted by atomic mass is 16.6. The minimum atomic E-state index is -0.510. The molecular weight excluding hydrogens is 226 g/mol. The first-order chi connectivity index (χ1) is 8.65. The lowest BCUT2D eigenvalue weighted by Gasteiger charge is -2.29. The van der Waals surface area contributed by atoms with Gasteiger partial charge in [-0.25, -0.2) is 4.79 Å². The van der Waals surface area contributed by atoms with Gasteiger partial charge in [-0.3, -0.25) is 0 Å². The van der Waals surface area contributed by atoms with Crippen molar-refractivity contribution in [3.05, 3.63) is 35.9 Å². The van der Waals surface area contributed by atoms with Crippen molar-refractivity contribution in [3.8, 4) is 0 Å². The molecule has 0 saturated carbocycles. The molecule has 3 heteroatoms. The van der Waals surface area contributed by atoms with E-state index in [-0.39, 0.29) is 5.60 Å². The van der Waals surface area contributed by atoms with Crippen molar-refractivity contribution < 1.29 is 9.53 Å². The van der Waals surface area contributed by atoms with Crippen LogP contribution in [0.15, 0.2) is 35.3 Å². The molecule has 1 aromatic carbocycles. The molecule has 0 aromatic heterocycles. The lowest BCUT2D eigenvalue weighted by molar-refractivity contribution is 0.00742. The average molecular weight is 247 g/mol. The van der Waals surface area contributed by atoms with E-state index in [0.717, 1.165) is 24.8 Å². The summed E-state index contributed by atoms with van der Waals surface area (Å²) in [5.41, 5.74) is 0.523. The largest absolute Gasteiger partial charge is 0.441 e. The van der Waals surface area contributed by atoms with Gasteiger partial charge in [0.05, 0.1) is 0 Å². The second kappa shape index (κ2) is 6.94. The highest BCUT2D eigenvalue weighted by Crippen LogP contribution is 2.24. The molecule has 0 saturated heterocycles. The maximum absolute atomic E-state index is 11.7. The maximum Gasteiger partial charge on any atom is 0.434 e. The Morgan fingerprint density at radius 2 is 1.72 bits per heavy atom. The zero-order chi connectivity index (χ0) is 13.4. The van der Waals surface area contributed by atoms with E-state index in [1.54, 1.807) is 0 Å². The maximum atomic E-state index is 11.7. The van der Waals surface area contributed by atoms with E-state index in [2.05, 4.69) is 4.99 Å². The monoisotopic (exact) mass is 247 g/mol. The fraction of sp³-hybridized carbons (Fsp3) is 0.467. The van der Waals surface area contributed by atoms with Gasteiger partial charge in [0.25, 0.3) is 0 Å². The summed E-state index contributed by atoms with van der Waals surface area (Å²) >= 11 is 0. The number of hydrogen-bond acceptors (Lipinski definition) is 2. The second-order valence-corrected chi connectivity index (χ2v) is 4.28. The van der Waals surface area contributed by atoms with Gasteiger partial charge in [-0.15, -0.1) is 0 Å². The Labute approximate surface area is 109 Å². The van der Waals surface area contributed by atoms with E-state index < -0.39 is 6.09 Å². The number of benzene rings is 1. The summed E-state index contributed by atoms with van der Waals surface area (Å²) in [4.78, 5) is 15.5. The van der Waals surface area contributed by atoms with Crippen LogP contribution in [0, 0.1) is 0 Å². The molecule has 3 nitrogen and oxygen atoms in total. The van der Waals surface area contributed by atoms with E-state index >= 15 is 0 Å². The van der Waals surface area contributed by atoms with Gasteiger partial charge in [0.1, 0.15) is 5.60 Å². The smallest absolute Gasteiger partial charge is 0.434 e. The summed E-state index contributed by atoms with van der Waals surface area (Å²) in [5, 5.41) is 0. The van der Waals surface area contributed by atoms with Crippen molar-refractivity contribution >= 4 is 12.3 Å². The molecule has 0 atom stereocenters. The lowest BCUT2D eigenvalue weighted by atomic mass is 9.94. The minimum absolute atomic E-state index is 0.370. The number of carbonyl (C=O) groups excluding carboxylic acids is 1. The van der Waals surface area contributed by atoms with Crippen molar-refractivity contribution in [1.29, 1.82) is 0 Å². The third-order valence-corrected chi connectivity index (χ3v) is 3.36. The number of rotatable bonds is 5. The molecule has 1 aromatic rings. The number of aliphatic imine (C=N–C) groups is 1. The van der Waals surface area contributed by atoms with Gasteiger partial charge in [-0.05, 0) is 24.8 Å². The molecule has 0 spiro atoms. The van der Waals surface area contributed by atoms with Gasteiger partial charge in [0.2, 0.25) is 0 Å². The second-order valence-electron chi connectivity index (χ2n) is 4.28. The van der Waals surface area contributed by atoms with E-state index in [0.29, 0.717) is 0 Å². The molecule has 1 rings (SSSR count). The summed E-state index contributed by atoms with van der Waals surface area (Å²) in [6.45, 7) is 6.09. The van der Waals surface area contributed by atoms with Gasteiger partial charge in [0, 0.05) is 6.21 Å². The Morgan fingerprint density at radius 1 is 1.17 bits per heavy atom. The van der Waals surface area contributed by atoms with Crippen LogP contribution in [-0.4, -0.2) is 17.9 Å². The molecule has 0 aliphatic carbocycles. The highest BCUT2D eigenvalue weighted by Gasteiger charge is 2.28. The predicted octanol–water partition coefficient (Wildman–Crippen LogP) is 4.21. The number of ether oxygens (including phenoxy) is 1. The topological polar surface area (TPSA) is 38.7 Å². The first-order valence-corrected chi connectivity index (χ1v) is 6.48. The Hall–Kier alpha value is -1.64. The Bertz CT molecular complexity index is 386. The average Bonchev–Trinajstić information content (AvgIpc) is 2.44. The van der Waals surface area contributed by atoms with Crippen molar-refractivity contribution in [2.75, 3.05) is 0 Å². The highest BCUT2D eigenvalue weighted by molar-refractivity contribution is 5.88. The molecule has 0 aliphatic heterocycles. The fourth-order valence-electron chi connectivity index (χ4n) is 1.84. The number of carbonyl (C=O) groups is 1. The van der Waals surface area contributed by atoms with Crippen LogP contribution in [0.25, 0.3) is 0 Å². The molecule has 1 amide bonds. The van der Waals surface area contributed by atoms with Crippen LogP contribution >= 0.6 is 0 Å². The first kappa shape index (κ1) is 14.4. The van der Waals surface area contributed by atoms with E-state index in [1.165, 1.54) is 6.21 Å². The zero-order valence-electron chi connectivity index (χ0n) is 11.3. The van der Waals surface area contributed by atoms with Crippen molar-refractivity contribution in [3.63, 3.8) is 0 Å². The van der Waals surface area contributed by atoms with Crippen LogP contribution in [0.3, 0.4) is 0 Å². The molecular formula is C15H21NO2. The van der Waals surface area contributed by atoms with Crippen LogP contribution in [0.4, 0.5) is 4.79 Å². The quantitative estimate of drug-likeness (QED) is 0.731. The molecule has 0 fully saturated rings. The van der Waals surface area contributed by atoms with E-state index in [1.807, 2.05) is 51.1 Å². The molecule has 0 aliphatic rings. The number of amides is 1. The third kappa shape index (κ3) is 3.99. The predicted molar refractivity (Wildman–Crippen MR) is 74.1 cm³/mol. The Balaban J connectivity index is 2.64. The molecule has 0 N–H and O–H groups in total. The zero-order valence-corrected chi connectivity index (χ0v) is 11.3. The van der Waals surface area contributed by atoms with Crippen molar-refractivity contribution in [2.24, 2.45) is 4.99 Å². The van der Waals surface area contributed by atoms with Gasteiger partial charge >= 0.3 is 6.09 Å². The van der Waals surface area contributed by atoms with Gasteiger partial charge in [-0.1, -0.05) is 51.1 Å². The summed E-state index contributed by atoms with van der Waals surface area (Å²) < 4.78 is 5.47. The fourth-order valence-corrected chi connectivity index (χ4v) is 1.84. The summed E-state index contributed by atoms with van der Waals surface area (Å²) in [7, 11) is 0. The van der Waals surface area contributed by atoms with Crippen molar-refractivity contribution in [1.82, 2.24) is 0 Å². The standard InChI is InChI=1S/C15H21NO2/c1-4-15(5-2,6-3)18-14(17)16-12-13-10-8-7-9-11-13/h7-12H,4-6H2,1-3H3/b16-12+. The van der Waals surface area contributed by atoms with E-state index in [9.17, 15) is 4.79 Å². The molecule has 18 heavy (non-hydrogen) atoms. The van der Waals surface area contributed by atoms with Crippen molar-refractivity contribution in [2.45, 2.75) is 45.6 Å². The summed E-state index contributed by atoms with van der Waals surface area (Å²) in [6.07, 6.45) is 3.46. The Morgan fingerprint density at radius 3 is 2.22 bits per heavy atom. The van der Waals surface area contributed by atoms with Crippen LogP contribution < -0.4 is 0 Å². The van der Waals surface area contributed by atoms with E-state index in [4.69, 9.17) is 4.74 Å². The SMILES string of the molecule is CCC(CC)(CC)OC(=O)/N=C/c1ccccc1. The van der Waals surface area contributed by atoms with Gasteiger partial charge in [0.15, 0.2) is 0 Å². The molecule has 0 radical (unpaired) electrons. The molecule has 0 bridgehead atoms. The lowest BCUT2D eigenvalue weighted by Crippen LogP contribution is -2.32. The number of hydrogen-bond donors (Lipinski definition) is 0. The minimum Gasteiger partial charge on any atom is -0.441 e.